The van der Waals surface area contributed by atoms with E-state index in [1.807, 2.05) is 38.2 Å². The average Bonchev–Trinajstić information content (AvgIpc) is 2.56. The molecule has 0 N–H and O–H groups in total. The number of carbonyl (C=O) groups excluding carboxylic acids is 1. The first-order chi connectivity index (χ1) is 6.44. The van der Waals surface area contributed by atoms with Crippen LogP contribution in [0.3, 0.4) is 0 Å². The Hall–Kier alpha value is -0.740. The van der Waals surface area contributed by atoms with Gasteiger partial charge in [-0.3, -0.25) is 9.69 Å². The van der Waals surface area contributed by atoms with Gasteiger partial charge < -0.3 is 0 Å². The van der Waals surface area contributed by atoms with E-state index in [0.717, 1.165) is 5.01 Å². The first-order valence-corrected chi connectivity index (χ1v) is 5.41. The highest BCUT2D eigenvalue weighted by molar-refractivity contribution is 7.09. The number of ketones is 1. The molecule has 14 heavy (non-hydrogen) atoms. The van der Waals surface area contributed by atoms with Crippen molar-refractivity contribution < 1.29 is 4.79 Å². The summed E-state index contributed by atoms with van der Waals surface area (Å²) in [6, 6.07) is 0. The molecule has 0 aliphatic rings. The van der Waals surface area contributed by atoms with Gasteiger partial charge in [-0.1, -0.05) is 0 Å². The number of nitrogens with zero attached hydrogens (tertiary/aromatic N) is 2. The molecular formula is C10H16N2OS. The topological polar surface area (TPSA) is 33.2 Å². The third-order valence-electron chi connectivity index (χ3n) is 2.60. The second-order valence-electron chi connectivity index (χ2n) is 3.98. The molecule has 4 heteroatoms. The highest BCUT2D eigenvalue weighted by Crippen LogP contribution is 2.16. The predicted octanol–water partition coefficient (Wildman–Crippen LogP) is 1.59. The van der Waals surface area contributed by atoms with Gasteiger partial charge in [0.05, 0.1) is 17.0 Å². The molecule has 0 aromatic carbocycles. The normalized spacial score (nSPS) is 12.1. The van der Waals surface area contributed by atoms with Crippen molar-refractivity contribution in [3.8, 4) is 0 Å². The van der Waals surface area contributed by atoms with Crippen LogP contribution in [0.4, 0.5) is 0 Å². The van der Waals surface area contributed by atoms with Gasteiger partial charge in [0.25, 0.3) is 0 Å². The van der Waals surface area contributed by atoms with Crippen LogP contribution in [0, 0.1) is 0 Å². The van der Waals surface area contributed by atoms with Crippen LogP contribution in [0.1, 0.15) is 18.9 Å². The zero-order chi connectivity index (χ0) is 10.8. The largest absolute Gasteiger partial charge is 0.298 e. The lowest BCUT2D eigenvalue weighted by Crippen LogP contribution is -2.46. The molecule has 0 radical (unpaired) electrons. The van der Waals surface area contributed by atoms with E-state index >= 15 is 0 Å². The van der Waals surface area contributed by atoms with E-state index in [1.54, 1.807) is 6.20 Å². The first-order valence-electron chi connectivity index (χ1n) is 4.53. The number of Topliss-reactive ketones (excluding diaryl/α,β-unsaturated/α-hetero) is 1. The fraction of sp³-hybridized carbons (Fsp3) is 0.600. The lowest BCUT2D eigenvalue weighted by molar-refractivity contribution is -0.127. The Morgan fingerprint density at radius 1 is 1.57 bits per heavy atom. The molecule has 3 nitrogen and oxygen atoms in total. The van der Waals surface area contributed by atoms with Crippen LogP contribution in [0.2, 0.25) is 0 Å². The smallest absolute Gasteiger partial charge is 0.159 e. The summed E-state index contributed by atoms with van der Waals surface area (Å²) in [6.45, 7) is 3.87. The summed E-state index contributed by atoms with van der Waals surface area (Å²) in [5, 5.41) is 2.79. The van der Waals surface area contributed by atoms with Gasteiger partial charge in [-0.25, -0.2) is 4.98 Å². The van der Waals surface area contributed by atoms with Crippen LogP contribution in [-0.4, -0.2) is 35.3 Å². The molecule has 0 saturated heterocycles. The van der Waals surface area contributed by atoms with Crippen molar-refractivity contribution in [2.45, 2.75) is 25.8 Å². The minimum atomic E-state index is -0.411. The van der Waals surface area contributed by atoms with Crippen molar-refractivity contribution in [2.24, 2.45) is 0 Å². The van der Waals surface area contributed by atoms with Crippen molar-refractivity contribution in [2.75, 3.05) is 14.1 Å². The second-order valence-corrected chi connectivity index (χ2v) is 4.96. The van der Waals surface area contributed by atoms with Gasteiger partial charge in [-0.05, 0) is 27.9 Å². The molecule has 0 aliphatic heterocycles. The number of hydrogen-bond donors (Lipinski definition) is 0. The summed E-state index contributed by atoms with van der Waals surface area (Å²) in [6.07, 6.45) is 2.17. The van der Waals surface area contributed by atoms with Crippen molar-refractivity contribution in [3.63, 3.8) is 0 Å². The maximum atomic E-state index is 11.9. The number of thiazole rings is 1. The van der Waals surface area contributed by atoms with Crippen molar-refractivity contribution in [1.82, 2.24) is 9.88 Å². The zero-order valence-electron chi connectivity index (χ0n) is 9.07. The molecule has 0 bridgehead atoms. The summed E-state index contributed by atoms with van der Waals surface area (Å²) in [5.41, 5.74) is -0.411. The molecule has 0 amide bonds. The molecule has 78 valence electrons. The third kappa shape index (κ3) is 2.39. The maximum absolute atomic E-state index is 11.9. The summed E-state index contributed by atoms with van der Waals surface area (Å²) < 4.78 is 0. The molecule has 0 fully saturated rings. The summed E-state index contributed by atoms with van der Waals surface area (Å²) in [4.78, 5) is 17.9. The van der Waals surface area contributed by atoms with Crippen LogP contribution in [0.15, 0.2) is 11.6 Å². The lowest BCUT2D eigenvalue weighted by Gasteiger charge is -2.30. The molecular weight excluding hydrogens is 196 g/mol. The Balaban J connectivity index is 2.67. The maximum Gasteiger partial charge on any atom is 0.159 e. The highest BCUT2D eigenvalue weighted by atomic mass is 32.1. The molecule has 0 saturated carbocycles. The molecule has 1 heterocycles. The Kier molecular flexibility index (Phi) is 3.39. The van der Waals surface area contributed by atoms with Crippen LogP contribution in [0.5, 0.6) is 0 Å². The van der Waals surface area contributed by atoms with Crippen molar-refractivity contribution >= 4 is 17.1 Å². The summed E-state index contributed by atoms with van der Waals surface area (Å²) in [5.74, 6) is 0.206. The van der Waals surface area contributed by atoms with Gasteiger partial charge in [0.2, 0.25) is 0 Å². The SMILES string of the molecule is CN(C)C(C)(C)C(=O)Cc1nccs1. The van der Waals surface area contributed by atoms with E-state index < -0.39 is 5.54 Å². The quantitative estimate of drug-likeness (QED) is 0.760. The van der Waals surface area contributed by atoms with Crippen LogP contribution in [-0.2, 0) is 11.2 Å². The van der Waals surface area contributed by atoms with Crippen LogP contribution in [0.25, 0.3) is 0 Å². The van der Waals surface area contributed by atoms with E-state index in [0.29, 0.717) is 6.42 Å². The molecule has 1 rings (SSSR count). The number of carbonyl (C=O) groups is 1. The van der Waals surface area contributed by atoms with Crippen LogP contribution < -0.4 is 0 Å². The predicted molar refractivity (Wildman–Crippen MR) is 58.6 cm³/mol. The van der Waals surface area contributed by atoms with Gasteiger partial charge in [-0.15, -0.1) is 11.3 Å². The second kappa shape index (κ2) is 4.19. The van der Waals surface area contributed by atoms with Gasteiger partial charge in [0.15, 0.2) is 5.78 Å². The lowest BCUT2D eigenvalue weighted by atomic mass is 9.95. The van der Waals surface area contributed by atoms with Crippen molar-refractivity contribution in [3.05, 3.63) is 16.6 Å². The molecule has 0 unspecified atom stereocenters. The van der Waals surface area contributed by atoms with Crippen LogP contribution >= 0.6 is 11.3 Å². The summed E-state index contributed by atoms with van der Waals surface area (Å²) in [7, 11) is 3.83. The van der Waals surface area contributed by atoms with E-state index in [4.69, 9.17) is 0 Å². The van der Waals surface area contributed by atoms with E-state index in [1.165, 1.54) is 11.3 Å². The minimum Gasteiger partial charge on any atom is -0.298 e. The minimum absolute atomic E-state index is 0.206. The Bertz CT molecular complexity index is 304. The fourth-order valence-electron chi connectivity index (χ4n) is 0.943. The fourth-order valence-corrected chi connectivity index (χ4v) is 1.56. The van der Waals surface area contributed by atoms with E-state index in [2.05, 4.69) is 4.98 Å². The number of hydrogen-bond acceptors (Lipinski definition) is 4. The Morgan fingerprint density at radius 2 is 2.21 bits per heavy atom. The number of aromatic nitrogens is 1. The Morgan fingerprint density at radius 3 is 2.64 bits per heavy atom. The summed E-state index contributed by atoms with van der Waals surface area (Å²) >= 11 is 1.53. The first kappa shape index (κ1) is 11.3. The Labute approximate surface area is 88.8 Å². The third-order valence-corrected chi connectivity index (χ3v) is 3.38. The molecule has 1 aromatic heterocycles. The molecule has 0 atom stereocenters. The highest BCUT2D eigenvalue weighted by Gasteiger charge is 2.29. The molecule has 0 spiro atoms. The van der Waals surface area contributed by atoms with Gasteiger partial charge >= 0.3 is 0 Å². The molecule has 0 aliphatic carbocycles. The van der Waals surface area contributed by atoms with Crippen molar-refractivity contribution in [1.29, 1.82) is 0 Å². The van der Waals surface area contributed by atoms with Gasteiger partial charge in [0, 0.05) is 11.6 Å². The monoisotopic (exact) mass is 212 g/mol. The number of rotatable bonds is 4. The zero-order valence-corrected chi connectivity index (χ0v) is 9.89. The van der Waals surface area contributed by atoms with E-state index in [9.17, 15) is 4.79 Å². The average molecular weight is 212 g/mol. The standard InChI is InChI=1S/C10H16N2OS/c1-10(2,12(3)4)8(13)7-9-11-5-6-14-9/h5-6H,7H2,1-4H3. The van der Waals surface area contributed by atoms with Gasteiger partial charge in [0.1, 0.15) is 0 Å². The molecule has 1 aromatic rings. The number of likely N-dealkylation sites (N-methyl/N-ethyl adjacent to an activating group) is 1. The van der Waals surface area contributed by atoms with E-state index in [-0.39, 0.29) is 5.78 Å². The van der Waals surface area contributed by atoms with Gasteiger partial charge in [-0.2, -0.15) is 0 Å².